The van der Waals surface area contributed by atoms with Crippen LogP contribution in [-0.2, 0) is 0 Å². The molecule has 0 amide bonds. The Morgan fingerprint density at radius 1 is 1.53 bits per heavy atom. The summed E-state index contributed by atoms with van der Waals surface area (Å²) in [5.74, 6) is -0.211. The van der Waals surface area contributed by atoms with Crippen LogP contribution in [0.25, 0.3) is 0 Å². The molecule has 1 fully saturated rings. The molecule has 1 aromatic rings. The van der Waals surface area contributed by atoms with Gasteiger partial charge in [0, 0.05) is 12.2 Å². The van der Waals surface area contributed by atoms with Gasteiger partial charge in [0.05, 0.1) is 5.56 Å². The number of aryl methyl sites for hydroxylation is 1. The minimum atomic E-state index is -0.869. The first-order chi connectivity index (χ1) is 7.90. The van der Waals surface area contributed by atoms with Crippen LogP contribution >= 0.6 is 0 Å². The zero-order valence-corrected chi connectivity index (χ0v) is 10.6. The van der Waals surface area contributed by atoms with E-state index in [9.17, 15) is 4.79 Å². The van der Waals surface area contributed by atoms with Gasteiger partial charge in [-0.2, -0.15) is 0 Å². The molecule has 1 aromatic carbocycles. The second-order valence-electron chi connectivity index (χ2n) is 5.62. The summed E-state index contributed by atoms with van der Waals surface area (Å²) in [6.45, 7) is 7.25. The fourth-order valence-corrected chi connectivity index (χ4v) is 2.15. The van der Waals surface area contributed by atoms with Crippen LogP contribution < -0.4 is 5.32 Å². The second kappa shape index (κ2) is 4.06. The van der Waals surface area contributed by atoms with Crippen LogP contribution in [0, 0.1) is 18.3 Å². The maximum absolute atomic E-state index is 11.1. The summed E-state index contributed by atoms with van der Waals surface area (Å²) in [6, 6.07) is 5.50. The number of anilines is 1. The van der Waals surface area contributed by atoms with Crippen LogP contribution in [0.1, 0.15) is 36.2 Å². The number of nitrogens with one attached hydrogen (secondary N) is 1. The highest BCUT2D eigenvalue weighted by Crippen LogP contribution is 2.51. The zero-order chi connectivity index (χ0) is 12.6. The topological polar surface area (TPSA) is 49.3 Å². The van der Waals surface area contributed by atoms with Crippen molar-refractivity contribution in [3.8, 4) is 0 Å². The van der Waals surface area contributed by atoms with Gasteiger partial charge in [0.15, 0.2) is 0 Å². The summed E-state index contributed by atoms with van der Waals surface area (Å²) in [5.41, 5.74) is 2.48. The molecule has 0 heterocycles. The highest BCUT2D eigenvalue weighted by molar-refractivity contribution is 5.94. The number of rotatable bonds is 4. The summed E-state index contributed by atoms with van der Waals surface area (Å²) >= 11 is 0. The molecule has 0 bridgehead atoms. The maximum Gasteiger partial charge on any atom is 0.337 e. The summed E-state index contributed by atoms with van der Waals surface area (Å²) in [7, 11) is 0. The van der Waals surface area contributed by atoms with Gasteiger partial charge in [0.2, 0.25) is 0 Å². The van der Waals surface area contributed by atoms with Crippen LogP contribution in [-0.4, -0.2) is 17.6 Å². The van der Waals surface area contributed by atoms with E-state index in [0.29, 0.717) is 16.9 Å². The summed E-state index contributed by atoms with van der Waals surface area (Å²) in [5, 5.41) is 12.4. The molecule has 1 unspecified atom stereocenters. The van der Waals surface area contributed by atoms with E-state index in [4.69, 9.17) is 5.11 Å². The molecule has 1 aliphatic rings. The van der Waals surface area contributed by atoms with Crippen molar-refractivity contribution in [1.82, 2.24) is 0 Å². The van der Waals surface area contributed by atoms with Gasteiger partial charge in [-0.15, -0.1) is 0 Å². The molecule has 2 rings (SSSR count). The molecule has 3 nitrogen and oxygen atoms in total. The van der Waals surface area contributed by atoms with E-state index < -0.39 is 5.97 Å². The number of hydrogen-bond donors (Lipinski definition) is 2. The van der Waals surface area contributed by atoms with Gasteiger partial charge < -0.3 is 10.4 Å². The molecule has 1 aliphatic carbocycles. The molecule has 17 heavy (non-hydrogen) atoms. The predicted molar refractivity (Wildman–Crippen MR) is 68.5 cm³/mol. The summed E-state index contributed by atoms with van der Waals surface area (Å²) < 4.78 is 0. The van der Waals surface area contributed by atoms with Crippen molar-refractivity contribution in [1.29, 1.82) is 0 Å². The molecule has 2 N–H and O–H groups in total. The molecule has 92 valence electrons. The van der Waals surface area contributed by atoms with Gasteiger partial charge >= 0.3 is 5.97 Å². The van der Waals surface area contributed by atoms with Gasteiger partial charge in [-0.05, 0) is 36.8 Å². The first-order valence-corrected chi connectivity index (χ1v) is 5.98. The third-order valence-electron chi connectivity index (χ3n) is 3.66. The first kappa shape index (κ1) is 12.0. The minimum Gasteiger partial charge on any atom is -0.478 e. The molecular weight excluding hydrogens is 214 g/mol. The van der Waals surface area contributed by atoms with E-state index in [-0.39, 0.29) is 0 Å². The lowest BCUT2D eigenvalue weighted by Crippen LogP contribution is -2.11. The molecule has 0 aliphatic heterocycles. The largest absolute Gasteiger partial charge is 0.478 e. The second-order valence-corrected chi connectivity index (χ2v) is 5.62. The number of benzene rings is 1. The Kier molecular flexibility index (Phi) is 2.86. The Bertz CT molecular complexity index is 452. The van der Waals surface area contributed by atoms with Gasteiger partial charge in [-0.3, -0.25) is 0 Å². The van der Waals surface area contributed by atoms with E-state index in [2.05, 4.69) is 19.2 Å². The van der Waals surface area contributed by atoms with E-state index in [1.54, 1.807) is 6.07 Å². The fourth-order valence-electron chi connectivity index (χ4n) is 2.15. The smallest absolute Gasteiger partial charge is 0.337 e. The lowest BCUT2D eigenvalue weighted by atomic mass is 10.1. The van der Waals surface area contributed by atoms with E-state index in [1.807, 2.05) is 19.1 Å². The number of carboxylic acids is 1. The lowest BCUT2D eigenvalue weighted by molar-refractivity contribution is 0.0698. The van der Waals surface area contributed by atoms with Gasteiger partial charge in [0.1, 0.15) is 0 Å². The van der Waals surface area contributed by atoms with Crippen LogP contribution in [0.3, 0.4) is 0 Å². The Hall–Kier alpha value is -1.51. The third kappa shape index (κ3) is 2.60. The molecule has 1 saturated carbocycles. The number of carboxylic acid groups (broad SMARTS) is 1. The van der Waals surface area contributed by atoms with Gasteiger partial charge in [-0.1, -0.05) is 25.5 Å². The normalized spacial score (nSPS) is 21.0. The lowest BCUT2D eigenvalue weighted by Gasteiger charge is -2.11. The van der Waals surface area contributed by atoms with E-state index in [1.165, 1.54) is 6.42 Å². The van der Waals surface area contributed by atoms with Crippen molar-refractivity contribution < 1.29 is 9.90 Å². The van der Waals surface area contributed by atoms with Crippen molar-refractivity contribution in [3.63, 3.8) is 0 Å². The maximum atomic E-state index is 11.1. The van der Waals surface area contributed by atoms with Crippen LogP contribution in [0.2, 0.25) is 0 Å². The molecule has 0 saturated heterocycles. The van der Waals surface area contributed by atoms with Crippen LogP contribution in [0.5, 0.6) is 0 Å². The molecule has 0 radical (unpaired) electrons. The van der Waals surface area contributed by atoms with E-state index in [0.717, 1.165) is 17.8 Å². The predicted octanol–water partition coefficient (Wildman–Crippen LogP) is 3.15. The van der Waals surface area contributed by atoms with Crippen molar-refractivity contribution in [2.45, 2.75) is 27.2 Å². The van der Waals surface area contributed by atoms with Crippen molar-refractivity contribution in [2.24, 2.45) is 11.3 Å². The molecular formula is C14H19NO2. The Labute approximate surface area is 102 Å². The average molecular weight is 233 g/mol. The summed E-state index contributed by atoms with van der Waals surface area (Å²) in [4.78, 5) is 11.1. The van der Waals surface area contributed by atoms with Crippen molar-refractivity contribution in [2.75, 3.05) is 11.9 Å². The minimum absolute atomic E-state index is 0.364. The highest BCUT2D eigenvalue weighted by Gasteiger charge is 2.45. The molecule has 0 spiro atoms. The van der Waals surface area contributed by atoms with Crippen molar-refractivity contribution in [3.05, 3.63) is 29.3 Å². The van der Waals surface area contributed by atoms with Crippen LogP contribution in [0.4, 0.5) is 5.69 Å². The fraction of sp³-hybridized carbons (Fsp3) is 0.500. The SMILES string of the molecule is Cc1ccc(NCC2CC2(C)C)c(C(=O)O)c1. The number of aromatic carboxylic acids is 1. The molecule has 1 atom stereocenters. The number of hydrogen-bond acceptors (Lipinski definition) is 2. The Morgan fingerprint density at radius 3 is 2.71 bits per heavy atom. The monoisotopic (exact) mass is 233 g/mol. The van der Waals surface area contributed by atoms with Crippen LogP contribution in [0.15, 0.2) is 18.2 Å². The van der Waals surface area contributed by atoms with Crippen molar-refractivity contribution >= 4 is 11.7 Å². The van der Waals surface area contributed by atoms with Gasteiger partial charge in [-0.25, -0.2) is 4.79 Å². The number of carbonyl (C=O) groups is 1. The Morgan fingerprint density at radius 2 is 2.18 bits per heavy atom. The summed E-state index contributed by atoms with van der Waals surface area (Å²) in [6.07, 6.45) is 1.22. The third-order valence-corrected chi connectivity index (χ3v) is 3.66. The quantitative estimate of drug-likeness (QED) is 0.839. The highest BCUT2D eigenvalue weighted by atomic mass is 16.4. The molecule has 0 aromatic heterocycles. The Balaban J connectivity index is 2.08. The average Bonchev–Trinajstić information content (AvgIpc) is 2.84. The van der Waals surface area contributed by atoms with Gasteiger partial charge in [0.25, 0.3) is 0 Å². The van der Waals surface area contributed by atoms with E-state index >= 15 is 0 Å². The standard InChI is InChI=1S/C14H19NO2/c1-9-4-5-12(11(6-9)13(16)17)15-8-10-7-14(10,2)3/h4-6,10,15H,7-8H2,1-3H3,(H,16,17). The molecule has 3 heteroatoms. The first-order valence-electron chi connectivity index (χ1n) is 5.98. The zero-order valence-electron chi connectivity index (χ0n) is 10.6.